The number of morpholine rings is 1. The Balaban J connectivity index is 0.000000846. The summed E-state index contributed by atoms with van der Waals surface area (Å²) in [5, 5.41) is 12.0. The zero-order chi connectivity index (χ0) is 28.0. The number of benzene rings is 1. The third-order valence-electron chi connectivity index (χ3n) is 6.83. The molecule has 0 spiro atoms. The highest BCUT2D eigenvalue weighted by Crippen LogP contribution is 2.38. The summed E-state index contributed by atoms with van der Waals surface area (Å²) < 4.78 is 30.9. The molecule has 2 saturated heterocycles. The number of fused-ring (bicyclic) bond motifs is 2. The molecule has 39 heavy (non-hydrogen) atoms. The van der Waals surface area contributed by atoms with Gasteiger partial charge in [-0.3, -0.25) is 10.00 Å². The maximum atomic E-state index is 11.9. The van der Waals surface area contributed by atoms with E-state index in [0.29, 0.717) is 26.3 Å². The van der Waals surface area contributed by atoms with E-state index >= 15 is 0 Å². The van der Waals surface area contributed by atoms with Crippen LogP contribution in [0.25, 0.3) is 10.9 Å². The Morgan fingerprint density at radius 1 is 1.08 bits per heavy atom. The van der Waals surface area contributed by atoms with Gasteiger partial charge in [-0.1, -0.05) is 39.8 Å². The van der Waals surface area contributed by atoms with Crippen LogP contribution in [0.1, 0.15) is 50.6 Å². The Morgan fingerprint density at radius 2 is 1.79 bits per heavy atom. The van der Waals surface area contributed by atoms with Crippen LogP contribution in [0.2, 0.25) is 0 Å². The molecule has 3 aliphatic rings. The van der Waals surface area contributed by atoms with Gasteiger partial charge in [0.05, 0.1) is 41.7 Å². The molecular weight excluding hydrogens is 534 g/mol. The summed E-state index contributed by atoms with van der Waals surface area (Å²) in [4.78, 5) is 12.3. The van der Waals surface area contributed by atoms with Gasteiger partial charge in [-0.05, 0) is 12.1 Å². The van der Waals surface area contributed by atoms with Crippen molar-refractivity contribution in [2.24, 2.45) is 4.99 Å². The van der Waals surface area contributed by atoms with E-state index in [1.807, 2.05) is 46.0 Å². The van der Waals surface area contributed by atoms with E-state index in [1.165, 1.54) is 11.1 Å². The highest BCUT2D eigenvalue weighted by molar-refractivity contribution is 7.88. The Kier molecular flexibility index (Phi) is 10.00. The lowest BCUT2D eigenvalue weighted by Gasteiger charge is -2.33. The standard InChI is InChI=1S/C23H29N7O3S2.2C2H6.H2/c1-35(31,32)30-7-5-28(6-8-30)15-16-13-20-21(34-16)23(29-9-11-33-12-10-29)26-22(25-20)17-3-2-4-19-18(17)14-24-27-19;2*1-2;/h2-4,13-14,22,25H,5-12,15H2,1H3,(H,24,27);2*1-2H3;1H. The molecule has 1 aromatic carbocycles. The van der Waals surface area contributed by atoms with Gasteiger partial charge >= 0.3 is 0 Å². The Hall–Kier alpha value is -2.51. The molecule has 5 heterocycles. The van der Waals surface area contributed by atoms with Gasteiger partial charge in [-0.25, -0.2) is 13.4 Å². The van der Waals surface area contributed by atoms with Crippen LogP contribution in [0, 0.1) is 0 Å². The lowest BCUT2D eigenvalue weighted by molar-refractivity contribution is 0.0681. The van der Waals surface area contributed by atoms with Gasteiger partial charge in [-0.2, -0.15) is 9.40 Å². The van der Waals surface area contributed by atoms with Crippen molar-refractivity contribution in [2.75, 3.05) is 64.1 Å². The second kappa shape index (κ2) is 13.2. The lowest BCUT2D eigenvalue weighted by atomic mass is 10.1. The Bertz CT molecular complexity index is 1360. The molecule has 2 fully saturated rings. The van der Waals surface area contributed by atoms with E-state index in [9.17, 15) is 8.42 Å². The van der Waals surface area contributed by atoms with Crippen molar-refractivity contribution in [1.82, 2.24) is 24.3 Å². The molecule has 1 unspecified atom stereocenters. The molecule has 0 amide bonds. The molecule has 12 heteroatoms. The highest BCUT2D eigenvalue weighted by atomic mass is 32.2. The first-order valence-electron chi connectivity index (χ1n) is 13.9. The number of amidine groups is 1. The zero-order valence-corrected chi connectivity index (χ0v) is 25.2. The topological polar surface area (TPSA) is 106 Å². The summed E-state index contributed by atoms with van der Waals surface area (Å²) in [6.07, 6.45) is 2.94. The van der Waals surface area contributed by atoms with Gasteiger partial charge in [0.2, 0.25) is 10.0 Å². The van der Waals surface area contributed by atoms with Crippen LogP contribution < -0.4 is 5.32 Å². The molecule has 0 saturated carbocycles. The number of thiophene rings is 1. The van der Waals surface area contributed by atoms with Crippen molar-refractivity contribution < 1.29 is 14.6 Å². The van der Waals surface area contributed by atoms with E-state index in [-0.39, 0.29) is 7.59 Å². The number of rotatable bonds is 4. The van der Waals surface area contributed by atoms with Crippen LogP contribution in [0.3, 0.4) is 0 Å². The van der Waals surface area contributed by atoms with Crippen molar-refractivity contribution in [3.05, 3.63) is 45.8 Å². The predicted molar refractivity (Wildman–Crippen MR) is 162 cm³/mol. The normalized spacial score (nSPS) is 20.2. The minimum atomic E-state index is -3.13. The number of sulfonamides is 1. The van der Waals surface area contributed by atoms with Crippen molar-refractivity contribution in [1.29, 1.82) is 0 Å². The number of aromatic amines is 1. The van der Waals surface area contributed by atoms with Gasteiger partial charge in [0, 0.05) is 63.1 Å². The maximum absolute atomic E-state index is 11.9. The second-order valence-corrected chi connectivity index (χ2v) is 12.3. The first kappa shape index (κ1) is 29.5. The smallest absolute Gasteiger partial charge is 0.211 e. The summed E-state index contributed by atoms with van der Waals surface area (Å²) in [6.45, 7) is 14.4. The number of hydrogen-bond donors (Lipinski definition) is 2. The van der Waals surface area contributed by atoms with Crippen molar-refractivity contribution in [3.63, 3.8) is 0 Å². The average Bonchev–Trinajstić information content (AvgIpc) is 3.62. The van der Waals surface area contributed by atoms with E-state index in [2.05, 4.69) is 37.4 Å². The zero-order valence-electron chi connectivity index (χ0n) is 23.6. The van der Waals surface area contributed by atoms with Gasteiger partial charge in [0.15, 0.2) is 0 Å². The Morgan fingerprint density at radius 3 is 2.49 bits per heavy atom. The van der Waals surface area contributed by atoms with Gasteiger partial charge in [0.25, 0.3) is 0 Å². The SMILES string of the molecule is CC.CC.CS(=O)(=O)N1CCN(Cc2cc3c(s2)C(N2CCOCC2)=NC(c2cccc4[nH]ncc24)N3)CC1.[HH]. The van der Waals surface area contributed by atoms with Crippen molar-refractivity contribution in [3.8, 4) is 0 Å². The predicted octanol–water partition coefficient (Wildman–Crippen LogP) is 4.20. The quantitative estimate of drug-likeness (QED) is 0.479. The first-order valence-corrected chi connectivity index (χ1v) is 16.5. The molecular formula is C27H43N7O3S2. The molecule has 6 rings (SSSR count). The minimum Gasteiger partial charge on any atom is -0.378 e. The fourth-order valence-electron chi connectivity index (χ4n) is 4.97. The summed E-state index contributed by atoms with van der Waals surface area (Å²) >= 11 is 1.77. The van der Waals surface area contributed by atoms with Crippen LogP contribution in [0.4, 0.5) is 5.69 Å². The van der Waals surface area contributed by atoms with Crippen LogP contribution in [0.15, 0.2) is 35.5 Å². The number of H-pyrrole nitrogens is 1. The molecule has 1 atom stereocenters. The summed E-state index contributed by atoms with van der Waals surface area (Å²) in [5.74, 6) is 1.02. The van der Waals surface area contributed by atoms with Crippen molar-refractivity contribution in [2.45, 2.75) is 40.4 Å². The molecule has 0 bridgehead atoms. The molecule has 0 radical (unpaired) electrons. The molecule has 3 aromatic rings. The number of aliphatic imine (C=N–C) groups is 1. The fraction of sp³-hybridized carbons (Fsp3) is 0.556. The number of piperazine rings is 1. The maximum Gasteiger partial charge on any atom is 0.211 e. The molecule has 10 nitrogen and oxygen atoms in total. The van der Waals surface area contributed by atoms with E-state index in [1.54, 1.807) is 15.6 Å². The number of nitrogens with one attached hydrogen (secondary N) is 2. The fourth-order valence-corrected chi connectivity index (χ4v) is 6.98. The summed E-state index contributed by atoms with van der Waals surface area (Å²) in [6, 6.07) is 8.40. The molecule has 2 aromatic heterocycles. The number of aromatic nitrogens is 2. The van der Waals surface area contributed by atoms with E-state index in [4.69, 9.17) is 9.73 Å². The first-order chi connectivity index (χ1) is 19.0. The van der Waals surface area contributed by atoms with Crippen LogP contribution >= 0.6 is 11.3 Å². The Labute approximate surface area is 237 Å². The number of anilines is 1. The summed E-state index contributed by atoms with van der Waals surface area (Å²) in [5.41, 5.74) is 3.19. The minimum absolute atomic E-state index is 0. The second-order valence-electron chi connectivity index (χ2n) is 9.17. The van der Waals surface area contributed by atoms with E-state index in [0.717, 1.165) is 65.6 Å². The van der Waals surface area contributed by atoms with Crippen LogP contribution in [-0.2, 0) is 21.3 Å². The lowest BCUT2D eigenvalue weighted by Crippen LogP contribution is -2.47. The number of hydrogen-bond acceptors (Lipinski definition) is 9. The third-order valence-corrected chi connectivity index (χ3v) is 9.25. The number of nitrogens with zero attached hydrogens (tertiary/aromatic N) is 5. The van der Waals surface area contributed by atoms with E-state index < -0.39 is 10.0 Å². The molecule has 216 valence electrons. The molecule has 0 aliphatic carbocycles. The third kappa shape index (κ3) is 6.63. The molecule has 3 aliphatic heterocycles. The van der Waals surface area contributed by atoms with Gasteiger partial charge in [-0.15, -0.1) is 11.3 Å². The van der Waals surface area contributed by atoms with Crippen LogP contribution in [0.5, 0.6) is 0 Å². The monoisotopic (exact) mass is 577 g/mol. The summed E-state index contributed by atoms with van der Waals surface area (Å²) in [7, 11) is -3.13. The van der Waals surface area contributed by atoms with Gasteiger partial charge in [0.1, 0.15) is 12.0 Å². The largest absolute Gasteiger partial charge is 0.378 e. The average molecular weight is 578 g/mol. The van der Waals surface area contributed by atoms with Crippen molar-refractivity contribution >= 4 is 43.8 Å². The van der Waals surface area contributed by atoms with Gasteiger partial charge < -0.3 is 15.0 Å². The molecule has 2 N–H and O–H groups in total. The van der Waals surface area contributed by atoms with Crippen LogP contribution in [-0.4, -0.2) is 97.3 Å². The highest BCUT2D eigenvalue weighted by Gasteiger charge is 2.30. The number of ether oxygens (including phenoxy) is 1.